The first-order valence-electron chi connectivity index (χ1n) is 4.80. The van der Waals surface area contributed by atoms with Crippen molar-refractivity contribution in [1.29, 1.82) is 0 Å². The van der Waals surface area contributed by atoms with Crippen molar-refractivity contribution in [3.05, 3.63) is 0 Å². The van der Waals surface area contributed by atoms with Gasteiger partial charge in [-0.2, -0.15) is 0 Å². The third-order valence-electron chi connectivity index (χ3n) is 2.06. The van der Waals surface area contributed by atoms with Gasteiger partial charge in [-0.05, 0) is 18.8 Å². The van der Waals surface area contributed by atoms with Gasteiger partial charge < -0.3 is 10.5 Å². The molecule has 0 aromatic rings. The van der Waals surface area contributed by atoms with E-state index in [-0.39, 0.29) is 17.6 Å². The highest BCUT2D eigenvalue weighted by Gasteiger charge is 2.29. The first kappa shape index (κ1) is 11.9. The van der Waals surface area contributed by atoms with Crippen LogP contribution >= 0.6 is 0 Å². The predicted molar refractivity (Wildman–Crippen MR) is 53.1 cm³/mol. The number of nitrogens with two attached hydrogens (primary N) is 1. The zero-order chi connectivity index (χ0) is 9.78. The van der Waals surface area contributed by atoms with E-state index in [9.17, 15) is 0 Å². The summed E-state index contributed by atoms with van der Waals surface area (Å²) in [5.74, 6) is 0. The van der Waals surface area contributed by atoms with E-state index in [2.05, 4.69) is 27.7 Å². The molecule has 0 bridgehead atoms. The van der Waals surface area contributed by atoms with E-state index in [1.54, 1.807) is 0 Å². The van der Waals surface area contributed by atoms with Crippen LogP contribution in [0.1, 0.15) is 41.0 Å². The van der Waals surface area contributed by atoms with Crippen molar-refractivity contribution in [2.24, 2.45) is 11.1 Å². The van der Waals surface area contributed by atoms with Gasteiger partial charge in [-0.3, -0.25) is 0 Å². The van der Waals surface area contributed by atoms with Crippen LogP contribution in [0.5, 0.6) is 0 Å². The Kier molecular flexibility index (Phi) is 4.80. The van der Waals surface area contributed by atoms with Gasteiger partial charge in [-0.15, -0.1) is 0 Å². The summed E-state index contributed by atoms with van der Waals surface area (Å²) in [6.45, 7) is 11.4. The molecule has 0 rings (SSSR count). The average Bonchev–Trinajstić information content (AvgIpc) is 1.96. The molecule has 2 nitrogen and oxygen atoms in total. The lowest BCUT2D eigenvalue weighted by Gasteiger charge is -2.34. The Morgan fingerprint density at radius 1 is 1.25 bits per heavy atom. The summed E-state index contributed by atoms with van der Waals surface area (Å²) in [4.78, 5) is 0. The third kappa shape index (κ3) is 3.55. The predicted octanol–water partition coefficient (Wildman–Crippen LogP) is 2.17. The smallest absolute Gasteiger partial charge is 0.0773 e. The first-order chi connectivity index (χ1) is 5.43. The van der Waals surface area contributed by atoms with Crippen molar-refractivity contribution in [2.45, 2.75) is 53.2 Å². The minimum atomic E-state index is 0.144. The van der Waals surface area contributed by atoms with Crippen LogP contribution in [0.15, 0.2) is 0 Å². The SMILES string of the molecule is CCOC([C@@H](N)CC)C(C)(C)C. The lowest BCUT2D eigenvalue weighted by Crippen LogP contribution is -2.44. The molecular weight excluding hydrogens is 150 g/mol. The molecule has 0 saturated carbocycles. The minimum Gasteiger partial charge on any atom is -0.376 e. The van der Waals surface area contributed by atoms with E-state index in [1.165, 1.54) is 0 Å². The lowest BCUT2D eigenvalue weighted by atomic mass is 9.84. The van der Waals surface area contributed by atoms with E-state index in [0.29, 0.717) is 0 Å². The van der Waals surface area contributed by atoms with Crippen molar-refractivity contribution in [2.75, 3.05) is 6.61 Å². The molecular formula is C10H23NO. The molecule has 0 fully saturated rings. The molecule has 0 aliphatic carbocycles. The van der Waals surface area contributed by atoms with E-state index >= 15 is 0 Å². The van der Waals surface area contributed by atoms with Crippen LogP contribution in [0.2, 0.25) is 0 Å². The van der Waals surface area contributed by atoms with Crippen LogP contribution in [-0.4, -0.2) is 18.8 Å². The van der Waals surface area contributed by atoms with Crippen LogP contribution in [0.3, 0.4) is 0 Å². The fourth-order valence-corrected chi connectivity index (χ4v) is 1.41. The van der Waals surface area contributed by atoms with E-state index in [4.69, 9.17) is 10.5 Å². The summed E-state index contributed by atoms with van der Waals surface area (Å²) >= 11 is 0. The van der Waals surface area contributed by atoms with Crippen LogP contribution < -0.4 is 5.73 Å². The maximum absolute atomic E-state index is 5.96. The van der Waals surface area contributed by atoms with Crippen molar-refractivity contribution >= 4 is 0 Å². The third-order valence-corrected chi connectivity index (χ3v) is 2.06. The Morgan fingerprint density at radius 2 is 1.75 bits per heavy atom. The Hall–Kier alpha value is -0.0800. The molecule has 0 amide bonds. The normalized spacial score (nSPS) is 17.5. The zero-order valence-corrected chi connectivity index (χ0v) is 9.05. The molecule has 0 aromatic heterocycles. The molecule has 0 spiro atoms. The van der Waals surface area contributed by atoms with Crippen molar-refractivity contribution in [3.63, 3.8) is 0 Å². The molecule has 0 aliphatic rings. The highest BCUT2D eigenvalue weighted by Crippen LogP contribution is 2.25. The molecule has 0 saturated heterocycles. The second-order valence-electron chi connectivity index (χ2n) is 4.31. The second kappa shape index (κ2) is 4.83. The van der Waals surface area contributed by atoms with E-state index < -0.39 is 0 Å². The quantitative estimate of drug-likeness (QED) is 0.707. The van der Waals surface area contributed by atoms with Crippen LogP contribution in [-0.2, 0) is 4.74 Å². The van der Waals surface area contributed by atoms with Crippen LogP contribution in [0, 0.1) is 5.41 Å². The monoisotopic (exact) mass is 173 g/mol. The van der Waals surface area contributed by atoms with E-state index in [1.807, 2.05) is 6.92 Å². The molecule has 2 heteroatoms. The van der Waals surface area contributed by atoms with Crippen molar-refractivity contribution in [3.8, 4) is 0 Å². The van der Waals surface area contributed by atoms with Gasteiger partial charge in [-0.1, -0.05) is 27.7 Å². The summed E-state index contributed by atoms with van der Waals surface area (Å²) < 4.78 is 5.63. The molecule has 74 valence electrons. The number of hydrogen-bond donors (Lipinski definition) is 1. The Balaban J connectivity index is 4.22. The van der Waals surface area contributed by atoms with Gasteiger partial charge >= 0.3 is 0 Å². The molecule has 0 radical (unpaired) electrons. The van der Waals surface area contributed by atoms with Crippen molar-refractivity contribution < 1.29 is 4.74 Å². The van der Waals surface area contributed by atoms with Gasteiger partial charge in [0.05, 0.1) is 6.10 Å². The Morgan fingerprint density at radius 3 is 2.00 bits per heavy atom. The molecule has 0 aliphatic heterocycles. The zero-order valence-electron chi connectivity index (χ0n) is 9.05. The molecule has 1 unspecified atom stereocenters. The maximum atomic E-state index is 5.96. The van der Waals surface area contributed by atoms with Crippen LogP contribution in [0.4, 0.5) is 0 Å². The molecule has 0 heterocycles. The highest BCUT2D eigenvalue weighted by molar-refractivity contribution is 4.83. The van der Waals surface area contributed by atoms with Gasteiger partial charge in [0.15, 0.2) is 0 Å². The van der Waals surface area contributed by atoms with Gasteiger partial charge in [-0.25, -0.2) is 0 Å². The van der Waals surface area contributed by atoms with Crippen LogP contribution in [0.25, 0.3) is 0 Å². The number of hydrogen-bond acceptors (Lipinski definition) is 2. The minimum absolute atomic E-state index is 0.144. The summed E-state index contributed by atoms with van der Waals surface area (Å²) in [7, 11) is 0. The second-order valence-corrected chi connectivity index (χ2v) is 4.31. The fourth-order valence-electron chi connectivity index (χ4n) is 1.41. The fraction of sp³-hybridized carbons (Fsp3) is 1.00. The summed E-state index contributed by atoms with van der Waals surface area (Å²) in [5.41, 5.74) is 6.11. The number of ether oxygens (including phenoxy) is 1. The van der Waals surface area contributed by atoms with Gasteiger partial charge in [0, 0.05) is 12.6 Å². The topological polar surface area (TPSA) is 35.2 Å². The standard InChI is InChI=1S/C10H23NO/c1-6-8(11)9(12-7-2)10(3,4)5/h8-9H,6-7,11H2,1-5H3/t8-,9?/m0/s1. The average molecular weight is 173 g/mol. The van der Waals surface area contributed by atoms with Gasteiger partial charge in [0.25, 0.3) is 0 Å². The molecule has 2 N–H and O–H groups in total. The largest absolute Gasteiger partial charge is 0.376 e. The van der Waals surface area contributed by atoms with Gasteiger partial charge in [0.2, 0.25) is 0 Å². The summed E-state index contributed by atoms with van der Waals surface area (Å²) in [5, 5.41) is 0. The molecule has 2 atom stereocenters. The summed E-state index contributed by atoms with van der Waals surface area (Å²) in [6, 6.07) is 0.157. The maximum Gasteiger partial charge on any atom is 0.0773 e. The number of rotatable bonds is 4. The van der Waals surface area contributed by atoms with Crippen molar-refractivity contribution in [1.82, 2.24) is 0 Å². The van der Waals surface area contributed by atoms with Gasteiger partial charge in [0.1, 0.15) is 0 Å². The van der Waals surface area contributed by atoms with E-state index in [0.717, 1.165) is 13.0 Å². The lowest BCUT2D eigenvalue weighted by molar-refractivity contribution is -0.0281. The molecule has 12 heavy (non-hydrogen) atoms. The Labute approximate surface area is 76.5 Å². The first-order valence-corrected chi connectivity index (χ1v) is 4.80. The summed E-state index contributed by atoms with van der Waals surface area (Å²) in [6.07, 6.45) is 1.15. The molecule has 0 aromatic carbocycles. The Bertz CT molecular complexity index is 117. The highest BCUT2D eigenvalue weighted by atomic mass is 16.5.